The lowest BCUT2D eigenvalue weighted by atomic mass is 10.2. The van der Waals surface area contributed by atoms with E-state index in [1.807, 2.05) is 62.4 Å². The number of sulfonamides is 1. The first-order valence-electron chi connectivity index (χ1n) is 8.11. The first-order valence-corrected chi connectivity index (χ1v) is 11.8. The Morgan fingerprint density at radius 2 is 1.23 bits per heavy atom. The summed E-state index contributed by atoms with van der Waals surface area (Å²) in [6, 6.07) is 22.4. The van der Waals surface area contributed by atoms with E-state index in [2.05, 4.69) is 20.1 Å². The highest BCUT2D eigenvalue weighted by atomic mass is 79.9. The molecule has 3 nitrogen and oxygen atoms in total. The fourth-order valence-electron chi connectivity index (χ4n) is 2.70. The molecule has 3 aromatic rings. The molecule has 0 fully saturated rings. The Balaban J connectivity index is 2.24. The van der Waals surface area contributed by atoms with Gasteiger partial charge in [0.1, 0.15) is 0 Å². The Bertz CT molecular complexity index is 1030. The van der Waals surface area contributed by atoms with E-state index in [1.54, 1.807) is 24.3 Å². The Hall–Kier alpha value is -1.68. The Kier molecular flexibility index (Phi) is 5.81. The first-order chi connectivity index (χ1) is 12.4. The third-order valence-corrected chi connectivity index (χ3v) is 9.35. The molecule has 0 radical (unpaired) electrons. The number of benzene rings is 3. The predicted molar refractivity (Wildman–Crippen MR) is 114 cm³/mol. The highest BCUT2D eigenvalue weighted by molar-refractivity contribution is 9.10. The van der Waals surface area contributed by atoms with Crippen molar-refractivity contribution in [2.24, 2.45) is 4.15 Å². The van der Waals surface area contributed by atoms with Crippen molar-refractivity contribution in [3.63, 3.8) is 0 Å². The summed E-state index contributed by atoms with van der Waals surface area (Å²) in [7, 11) is -5.61. The summed E-state index contributed by atoms with van der Waals surface area (Å²) in [4.78, 5) is 0.213. The second kappa shape index (κ2) is 7.91. The molecule has 0 aliphatic carbocycles. The predicted octanol–water partition coefficient (Wildman–Crippen LogP) is 4.80. The fraction of sp³-hybridized carbons (Fsp3) is 0.100. The highest BCUT2D eigenvalue weighted by Gasteiger charge is 2.17. The standard InChI is InChI=1S/C20H19BrNO2PS/c1-15-7-3-5-9-19(15)25(20-10-6-4-8-16(20)2)22-26(23,24)18-13-11-17(21)12-14-18/h3-14,25H,1-2H3. The van der Waals surface area contributed by atoms with Crippen LogP contribution in [0.5, 0.6) is 0 Å². The molecule has 0 aromatic heterocycles. The molecule has 0 saturated heterocycles. The Labute approximate surface area is 163 Å². The first kappa shape index (κ1) is 19.1. The van der Waals surface area contributed by atoms with Crippen molar-refractivity contribution < 1.29 is 8.42 Å². The minimum atomic E-state index is -3.76. The van der Waals surface area contributed by atoms with Crippen LogP contribution in [-0.2, 0) is 10.0 Å². The van der Waals surface area contributed by atoms with Crippen LogP contribution in [0.4, 0.5) is 0 Å². The Morgan fingerprint density at radius 1 is 0.769 bits per heavy atom. The second-order valence-electron chi connectivity index (χ2n) is 6.00. The molecule has 3 rings (SSSR count). The normalized spacial score (nSPS) is 11.5. The van der Waals surface area contributed by atoms with Gasteiger partial charge >= 0.3 is 0 Å². The zero-order valence-corrected chi connectivity index (χ0v) is 17.9. The van der Waals surface area contributed by atoms with Gasteiger partial charge in [-0.05, 0) is 59.8 Å². The topological polar surface area (TPSA) is 46.5 Å². The molecule has 0 atom stereocenters. The number of hydrogen-bond acceptors (Lipinski definition) is 2. The fourth-order valence-corrected chi connectivity index (χ4v) is 7.33. The minimum Gasteiger partial charge on any atom is -0.199 e. The van der Waals surface area contributed by atoms with Gasteiger partial charge in [0, 0.05) is 12.2 Å². The van der Waals surface area contributed by atoms with Crippen molar-refractivity contribution in [1.82, 2.24) is 0 Å². The average Bonchev–Trinajstić information content (AvgIpc) is 2.61. The molecular weight excluding hydrogens is 429 g/mol. The van der Waals surface area contributed by atoms with Gasteiger partial charge in [-0.1, -0.05) is 64.5 Å². The Morgan fingerprint density at radius 3 is 1.69 bits per heavy atom. The van der Waals surface area contributed by atoms with E-state index in [0.29, 0.717) is 0 Å². The lowest BCUT2D eigenvalue weighted by molar-refractivity contribution is 0.598. The summed E-state index contributed by atoms with van der Waals surface area (Å²) in [6.45, 7) is 4.00. The number of halogens is 1. The third kappa shape index (κ3) is 4.17. The molecule has 0 bridgehead atoms. The molecule has 26 heavy (non-hydrogen) atoms. The van der Waals surface area contributed by atoms with E-state index in [9.17, 15) is 8.42 Å². The van der Waals surface area contributed by atoms with Gasteiger partial charge in [0.05, 0.1) is 4.90 Å². The number of nitrogens with zero attached hydrogens (tertiary/aromatic N) is 1. The summed E-state index contributed by atoms with van der Waals surface area (Å²) < 4.78 is 31.2. The molecule has 6 heteroatoms. The van der Waals surface area contributed by atoms with Crippen LogP contribution in [0, 0.1) is 13.8 Å². The monoisotopic (exact) mass is 447 g/mol. The summed E-state index contributed by atoms with van der Waals surface area (Å²) in [6.07, 6.45) is 0. The molecule has 0 unspecified atom stereocenters. The van der Waals surface area contributed by atoms with E-state index in [-0.39, 0.29) is 4.90 Å². The van der Waals surface area contributed by atoms with E-state index in [4.69, 9.17) is 0 Å². The average molecular weight is 448 g/mol. The van der Waals surface area contributed by atoms with Gasteiger partial charge in [-0.25, -0.2) is 0 Å². The van der Waals surface area contributed by atoms with Gasteiger partial charge in [-0.15, -0.1) is 0 Å². The lowest BCUT2D eigenvalue weighted by Crippen LogP contribution is -2.13. The molecule has 0 heterocycles. The molecule has 0 amide bonds. The highest BCUT2D eigenvalue weighted by Crippen LogP contribution is 2.31. The van der Waals surface area contributed by atoms with Crippen LogP contribution in [0.15, 0.2) is 86.3 Å². The van der Waals surface area contributed by atoms with Gasteiger partial charge < -0.3 is 0 Å². The van der Waals surface area contributed by atoms with Gasteiger partial charge in [-0.2, -0.15) is 12.6 Å². The van der Waals surface area contributed by atoms with E-state index in [0.717, 1.165) is 26.2 Å². The molecule has 0 N–H and O–H groups in total. The van der Waals surface area contributed by atoms with Crippen molar-refractivity contribution >= 4 is 44.3 Å². The largest absolute Gasteiger partial charge is 0.281 e. The van der Waals surface area contributed by atoms with Crippen LogP contribution in [-0.4, -0.2) is 8.42 Å². The zero-order chi connectivity index (χ0) is 18.7. The quantitative estimate of drug-likeness (QED) is 0.539. The van der Waals surface area contributed by atoms with Crippen LogP contribution in [0.1, 0.15) is 11.1 Å². The summed E-state index contributed by atoms with van der Waals surface area (Å²) >= 11 is 3.34. The van der Waals surface area contributed by atoms with Crippen LogP contribution >= 0.6 is 23.6 Å². The third-order valence-electron chi connectivity index (χ3n) is 4.12. The molecule has 0 spiro atoms. The lowest BCUT2D eigenvalue weighted by Gasteiger charge is -2.14. The SMILES string of the molecule is Cc1ccccc1[PH](=NS(=O)(=O)c1ccc(Br)cc1)c1ccccc1C. The smallest absolute Gasteiger partial charge is 0.199 e. The van der Waals surface area contributed by atoms with Crippen molar-refractivity contribution in [2.45, 2.75) is 18.7 Å². The summed E-state index contributed by atoms with van der Waals surface area (Å²) in [5.74, 6) is 0. The van der Waals surface area contributed by atoms with Crippen molar-refractivity contribution in [3.8, 4) is 0 Å². The molecule has 0 aliphatic rings. The van der Waals surface area contributed by atoms with Gasteiger partial charge in [0.2, 0.25) is 0 Å². The molecular formula is C20H19BrNO2PS. The molecule has 0 saturated carbocycles. The molecule has 134 valence electrons. The summed E-state index contributed by atoms with van der Waals surface area (Å²) in [5, 5.41) is 1.99. The zero-order valence-electron chi connectivity index (χ0n) is 14.5. The molecule has 3 aromatic carbocycles. The van der Waals surface area contributed by atoms with Crippen LogP contribution in [0.2, 0.25) is 0 Å². The van der Waals surface area contributed by atoms with Gasteiger partial charge in [0.25, 0.3) is 10.0 Å². The van der Waals surface area contributed by atoms with E-state index < -0.39 is 17.7 Å². The maximum atomic E-state index is 13.0. The van der Waals surface area contributed by atoms with Crippen molar-refractivity contribution in [3.05, 3.63) is 88.4 Å². The second-order valence-corrected chi connectivity index (χ2v) is 10.8. The van der Waals surface area contributed by atoms with Crippen molar-refractivity contribution in [2.75, 3.05) is 0 Å². The van der Waals surface area contributed by atoms with Crippen LogP contribution in [0.3, 0.4) is 0 Å². The van der Waals surface area contributed by atoms with Crippen molar-refractivity contribution in [1.29, 1.82) is 0 Å². The number of rotatable bonds is 4. The maximum absolute atomic E-state index is 13.0. The van der Waals surface area contributed by atoms with Crippen LogP contribution < -0.4 is 10.6 Å². The van der Waals surface area contributed by atoms with Crippen LogP contribution in [0.25, 0.3) is 0 Å². The van der Waals surface area contributed by atoms with E-state index >= 15 is 0 Å². The van der Waals surface area contributed by atoms with Gasteiger partial charge in [0.15, 0.2) is 0 Å². The van der Waals surface area contributed by atoms with Gasteiger partial charge in [-0.3, -0.25) is 0 Å². The summed E-state index contributed by atoms with van der Waals surface area (Å²) in [5.41, 5.74) is 2.11. The number of aryl methyl sites for hydroxylation is 2. The maximum Gasteiger partial charge on any atom is 0.281 e. The number of hydrogen-bond donors (Lipinski definition) is 0. The van der Waals surface area contributed by atoms with E-state index in [1.165, 1.54) is 0 Å². The molecule has 0 aliphatic heterocycles. The minimum absolute atomic E-state index is 0.213.